The van der Waals surface area contributed by atoms with Gasteiger partial charge in [0.2, 0.25) is 5.88 Å². The van der Waals surface area contributed by atoms with Crippen molar-refractivity contribution >= 4 is 35.6 Å². The SMILES string of the molecule is Cc1ccc(NC(N)=NCc2ccc(OC(C)(C)C)nc2)cc1.I. The van der Waals surface area contributed by atoms with E-state index in [0.29, 0.717) is 18.4 Å². The molecule has 0 aliphatic carbocycles. The molecule has 0 unspecified atom stereocenters. The first-order chi connectivity index (χ1) is 10.8. The maximum atomic E-state index is 5.90. The lowest BCUT2D eigenvalue weighted by atomic mass is 10.2. The van der Waals surface area contributed by atoms with Gasteiger partial charge in [0.05, 0.1) is 6.54 Å². The number of ether oxygens (including phenoxy) is 1. The molecule has 1 heterocycles. The van der Waals surface area contributed by atoms with Gasteiger partial charge >= 0.3 is 0 Å². The van der Waals surface area contributed by atoms with Crippen LogP contribution in [0, 0.1) is 6.92 Å². The van der Waals surface area contributed by atoms with Crippen molar-refractivity contribution in [3.63, 3.8) is 0 Å². The number of benzene rings is 1. The quantitative estimate of drug-likeness (QED) is 0.427. The van der Waals surface area contributed by atoms with Gasteiger partial charge in [-0.2, -0.15) is 0 Å². The van der Waals surface area contributed by atoms with E-state index < -0.39 is 0 Å². The summed E-state index contributed by atoms with van der Waals surface area (Å²) < 4.78 is 5.69. The van der Waals surface area contributed by atoms with Gasteiger partial charge in [0.25, 0.3) is 0 Å². The molecular weight excluding hydrogens is 415 g/mol. The third kappa shape index (κ3) is 7.16. The van der Waals surface area contributed by atoms with Crippen LogP contribution in [0.5, 0.6) is 5.88 Å². The minimum absolute atomic E-state index is 0. The number of nitrogens with zero attached hydrogens (tertiary/aromatic N) is 2. The molecule has 5 nitrogen and oxygen atoms in total. The van der Waals surface area contributed by atoms with E-state index in [1.807, 2.05) is 64.1 Å². The second-order valence-corrected chi connectivity index (χ2v) is 6.41. The average molecular weight is 440 g/mol. The van der Waals surface area contributed by atoms with E-state index in [4.69, 9.17) is 10.5 Å². The van der Waals surface area contributed by atoms with Crippen LogP contribution in [-0.2, 0) is 6.54 Å². The molecular formula is C18H25IN4O. The summed E-state index contributed by atoms with van der Waals surface area (Å²) in [5.41, 5.74) is 8.74. The molecule has 0 saturated carbocycles. The summed E-state index contributed by atoms with van der Waals surface area (Å²) in [4.78, 5) is 8.60. The molecule has 6 heteroatoms. The number of hydrogen-bond acceptors (Lipinski definition) is 3. The van der Waals surface area contributed by atoms with Gasteiger partial charge in [-0.1, -0.05) is 23.8 Å². The lowest BCUT2D eigenvalue weighted by Crippen LogP contribution is -2.23. The van der Waals surface area contributed by atoms with Crippen molar-refractivity contribution in [2.75, 3.05) is 5.32 Å². The number of rotatable bonds is 4. The van der Waals surface area contributed by atoms with Crippen LogP contribution in [-0.4, -0.2) is 16.5 Å². The number of hydrogen-bond donors (Lipinski definition) is 2. The second kappa shape index (κ2) is 8.86. The molecule has 0 radical (unpaired) electrons. The van der Waals surface area contributed by atoms with E-state index in [0.717, 1.165) is 11.3 Å². The molecule has 24 heavy (non-hydrogen) atoms. The number of aliphatic imine (C=N–C) groups is 1. The van der Waals surface area contributed by atoms with Crippen LogP contribution in [0.3, 0.4) is 0 Å². The summed E-state index contributed by atoms with van der Waals surface area (Å²) in [7, 11) is 0. The number of nitrogens with one attached hydrogen (secondary N) is 1. The summed E-state index contributed by atoms with van der Waals surface area (Å²) in [6.07, 6.45) is 1.75. The Morgan fingerprint density at radius 1 is 1.17 bits per heavy atom. The monoisotopic (exact) mass is 440 g/mol. The van der Waals surface area contributed by atoms with Crippen molar-refractivity contribution in [3.8, 4) is 5.88 Å². The van der Waals surface area contributed by atoms with Gasteiger partial charge in [0, 0.05) is 18.0 Å². The van der Waals surface area contributed by atoms with Crippen LogP contribution in [0.2, 0.25) is 0 Å². The van der Waals surface area contributed by atoms with Crippen molar-refractivity contribution in [2.24, 2.45) is 10.7 Å². The summed E-state index contributed by atoms with van der Waals surface area (Å²) in [6, 6.07) is 11.8. The van der Waals surface area contributed by atoms with E-state index in [1.165, 1.54) is 5.56 Å². The molecule has 0 atom stereocenters. The van der Waals surface area contributed by atoms with Gasteiger partial charge in [-0.15, -0.1) is 24.0 Å². The van der Waals surface area contributed by atoms with Crippen molar-refractivity contribution in [1.82, 2.24) is 4.98 Å². The van der Waals surface area contributed by atoms with Gasteiger partial charge in [-0.05, 0) is 45.4 Å². The number of nitrogens with two attached hydrogens (primary N) is 1. The molecule has 0 spiro atoms. The lowest BCUT2D eigenvalue weighted by Gasteiger charge is -2.20. The number of guanidine groups is 1. The van der Waals surface area contributed by atoms with E-state index in [-0.39, 0.29) is 29.6 Å². The molecule has 2 rings (SSSR count). The van der Waals surface area contributed by atoms with Crippen LogP contribution in [0.1, 0.15) is 31.9 Å². The van der Waals surface area contributed by atoms with Gasteiger partial charge in [0.15, 0.2) is 5.96 Å². The van der Waals surface area contributed by atoms with Crippen LogP contribution in [0.15, 0.2) is 47.6 Å². The Morgan fingerprint density at radius 3 is 2.38 bits per heavy atom. The minimum Gasteiger partial charge on any atom is -0.472 e. The van der Waals surface area contributed by atoms with Crippen LogP contribution < -0.4 is 15.8 Å². The first-order valence-corrected chi connectivity index (χ1v) is 7.59. The summed E-state index contributed by atoms with van der Waals surface area (Å²) in [6.45, 7) is 8.48. The predicted molar refractivity (Wildman–Crippen MR) is 110 cm³/mol. The fourth-order valence-corrected chi connectivity index (χ4v) is 1.88. The normalized spacial score (nSPS) is 11.6. The predicted octanol–water partition coefficient (Wildman–Crippen LogP) is 4.11. The number of pyridine rings is 1. The molecule has 1 aromatic heterocycles. The summed E-state index contributed by atoms with van der Waals surface area (Å²) in [5, 5.41) is 3.06. The molecule has 130 valence electrons. The molecule has 0 saturated heterocycles. The summed E-state index contributed by atoms with van der Waals surface area (Å²) >= 11 is 0. The molecule has 3 N–H and O–H groups in total. The first kappa shape index (κ1) is 20.2. The zero-order chi connectivity index (χ0) is 16.9. The zero-order valence-corrected chi connectivity index (χ0v) is 16.9. The standard InChI is InChI=1S/C18H24N4O.HI/c1-13-5-8-15(9-6-13)22-17(19)21-12-14-7-10-16(20-11-14)23-18(2,3)4;/h5-11H,12H2,1-4H3,(H3,19,21,22);1H. The van der Waals surface area contributed by atoms with Crippen LogP contribution in [0.25, 0.3) is 0 Å². The minimum atomic E-state index is -0.255. The van der Waals surface area contributed by atoms with E-state index in [9.17, 15) is 0 Å². The van der Waals surface area contributed by atoms with Gasteiger partial charge in [0.1, 0.15) is 5.60 Å². The number of anilines is 1. The fourth-order valence-electron chi connectivity index (χ4n) is 1.88. The maximum Gasteiger partial charge on any atom is 0.213 e. The van der Waals surface area contributed by atoms with Crippen molar-refractivity contribution < 1.29 is 4.74 Å². The number of aryl methyl sites for hydroxylation is 1. The van der Waals surface area contributed by atoms with E-state index in [2.05, 4.69) is 15.3 Å². The first-order valence-electron chi connectivity index (χ1n) is 7.59. The van der Waals surface area contributed by atoms with Gasteiger partial charge in [-0.25, -0.2) is 9.98 Å². The maximum absolute atomic E-state index is 5.90. The topological polar surface area (TPSA) is 72.5 Å². The Balaban J connectivity index is 0.00000288. The molecule has 0 aliphatic heterocycles. The Morgan fingerprint density at radius 2 is 1.83 bits per heavy atom. The van der Waals surface area contributed by atoms with Crippen molar-refractivity contribution in [1.29, 1.82) is 0 Å². The molecule has 2 aromatic rings. The Kier molecular flexibility index (Phi) is 7.47. The third-order valence-corrected chi connectivity index (χ3v) is 2.96. The average Bonchev–Trinajstić information content (AvgIpc) is 2.47. The number of halogens is 1. The fraction of sp³-hybridized carbons (Fsp3) is 0.333. The van der Waals surface area contributed by atoms with Crippen LogP contribution in [0.4, 0.5) is 5.69 Å². The smallest absolute Gasteiger partial charge is 0.213 e. The molecule has 0 fully saturated rings. The van der Waals surface area contributed by atoms with Gasteiger partial charge in [-0.3, -0.25) is 0 Å². The molecule has 0 bridgehead atoms. The highest BCUT2D eigenvalue weighted by Crippen LogP contribution is 2.15. The van der Waals surface area contributed by atoms with Crippen LogP contribution >= 0.6 is 24.0 Å². The van der Waals surface area contributed by atoms with E-state index >= 15 is 0 Å². The highest BCUT2D eigenvalue weighted by Gasteiger charge is 2.12. The molecule has 1 aromatic carbocycles. The largest absolute Gasteiger partial charge is 0.472 e. The molecule has 0 amide bonds. The number of aromatic nitrogens is 1. The highest BCUT2D eigenvalue weighted by molar-refractivity contribution is 14.0. The van der Waals surface area contributed by atoms with Crippen molar-refractivity contribution in [2.45, 2.75) is 39.8 Å². The van der Waals surface area contributed by atoms with Gasteiger partial charge < -0.3 is 15.8 Å². The zero-order valence-electron chi connectivity index (χ0n) is 14.5. The lowest BCUT2D eigenvalue weighted by molar-refractivity contribution is 0.124. The van der Waals surface area contributed by atoms with E-state index in [1.54, 1.807) is 6.20 Å². The Labute approximate surface area is 160 Å². The third-order valence-electron chi connectivity index (χ3n) is 2.96. The summed E-state index contributed by atoms with van der Waals surface area (Å²) in [5.74, 6) is 0.986. The molecule has 0 aliphatic rings. The Hall–Kier alpha value is -1.83. The second-order valence-electron chi connectivity index (χ2n) is 6.41. The van der Waals surface area contributed by atoms with Crippen molar-refractivity contribution in [3.05, 3.63) is 53.7 Å². The highest BCUT2D eigenvalue weighted by atomic mass is 127. The Bertz CT molecular complexity index is 661.